The summed E-state index contributed by atoms with van der Waals surface area (Å²) in [6.45, 7) is 0. The predicted molar refractivity (Wildman–Crippen MR) is 152 cm³/mol. The summed E-state index contributed by atoms with van der Waals surface area (Å²) in [6, 6.07) is 19.8. The molecule has 0 N–H and O–H groups in total. The Balaban J connectivity index is 0.00000329. The minimum atomic E-state index is -4.36. The fourth-order valence-electron chi connectivity index (χ4n) is 5.12. The molecule has 0 unspecified atom stereocenters. The second-order valence-corrected chi connectivity index (χ2v) is 11.6. The topological polar surface area (TPSA) is 138 Å². The van der Waals surface area contributed by atoms with Gasteiger partial charge >= 0.3 is 41.5 Å². The Morgan fingerprint density at radius 1 is 0.721 bits per heavy atom. The van der Waals surface area contributed by atoms with Gasteiger partial charge in [-0.25, -0.2) is 19.6 Å². The second kappa shape index (κ2) is 10.8. The molecule has 1 aliphatic heterocycles. The third kappa shape index (κ3) is 4.66. The van der Waals surface area contributed by atoms with Gasteiger partial charge in [-0.1, -0.05) is 0 Å². The molecule has 0 amide bonds. The summed E-state index contributed by atoms with van der Waals surface area (Å²) in [5.41, 5.74) is 4.32. The fraction of sp³-hybridized carbons (Fsp3) is 0.0667. The number of nitrogens with zero attached hydrogens (tertiary/aromatic N) is 4. The van der Waals surface area contributed by atoms with Crippen molar-refractivity contribution in [1.29, 1.82) is 0 Å². The van der Waals surface area contributed by atoms with Crippen molar-refractivity contribution in [2.45, 2.75) is 0 Å². The molecule has 1 aliphatic rings. The molecule has 43 heavy (non-hydrogen) atoms. The molecule has 0 saturated heterocycles. The Hall–Kier alpha value is -4.25. The Bertz CT molecular complexity index is 2010. The molecule has 0 saturated carbocycles. The molecule has 0 atom stereocenters. The number of ether oxygens (including phenoxy) is 3. The van der Waals surface area contributed by atoms with Gasteiger partial charge in [0.15, 0.2) is 0 Å². The summed E-state index contributed by atoms with van der Waals surface area (Å²) < 4.78 is 33.0. The van der Waals surface area contributed by atoms with Gasteiger partial charge < -0.3 is 23.7 Å². The first-order chi connectivity index (χ1) is 20.3. The number of carbonyl (C=O) groups is 2. The SMILES string of the molecule is COC(=O)c1ccc2c(c1)ncn2-c1ccc2c(c1)P(=O)([O-])c1cc(-n3cnc4cc(C(=O)OC)ccc43)ccc1O2.[Na+]. The summed E-state index contributed by atoms with van der Waals surface area (Å²) in [6.07, 6.45) is 3.13. The van der Waals surface area contributed by atoms with Crippen molar-refractivity contribution in [3.8, 4) is 22.9 Å². The number of methoxy groups -OCH3 is 2. The molecule has 0 fully saturated rings. The van der Waals surface area contributed by atoms with Crippen molar-refractivity contribution in [1.82, 2.24) is 19.1 Å². The zero-order valence-electron chi connectivity index (χ0n) is 23.2. The number of esters is 2. The van der Waals surface area contributed by atoms with E-state index in [1.165, 1.54) is 14.2 Å². The van der Waals surface area contributed by atoms with Gasteiger partial charge in [0, 0.05) is 22.0 Å². The van der Waals surface area contributed by atoms with E-state index in [9.17, 15) is 19.0 Å². The number of fused-ring (bicyclic) bond motifs is 4. The molecule has 208 valence electrons. The van der Waals surface area contributed by atoms with Gasteiger partial charge in [-0.15, -0.1) is 0 Å². The molecule has 7 rings (SSSR count). The minimum Gasteiger partial charge on any atom is -0.792 e. The fourth-order valence-corrected chi connectivity index (χ4v) is 6.80. The van der Waals surface area contributed by atoms with Crippen LogP contribution in [0.5, 0.6) is 11.5 Å². The van der Waals surface area contributed by atoms with Crippen LogP contribution in [0.2, 0.25) is 0 Å². The van der Waals surface area contributed by atoms with Crippen molar-refractivity contribution in [3.63, 3.8) is 0 Å². The predicted octanol–water partition coefficient (Wildman–Crippen LogP) is 0.636. The third-order valence-corrected chi connectivity index (χ3v) is 9.20. The van der Waals surface area contributed by atoms with Crippen LogP contribution in [0.3, 0.4) is 0 Å². The number of benzene rings is 4. The van der Waals surface area contributed by atoms with E-state index in [0.29, 0.717) is 44.6 Å². The summed E-state index contributed by atoms with van der Waals surface area (Å²) in [4.78, 5) is 46.6. The van der Waals surface area contributed by atoms with Crippen LogP contribution in [-0.2, 0) is 14.0 Å². The van der Waals surface area contributed by atoms with Crippen LogP contribution in [0, 0.1) is 0 Å². The molecule has 0 radical (unpaired) electrons. The van der Waals surface area contributed by atoms with E-state index in [4.69, 9.17) is 14.2 Å². The molecular formula is C30H20N4NaO7P. The van der Waals surface area contributed by atoms with E-state index in [1.54, 1.807) is 94.6 Å². The number of imidazole rings is 2. The maximum atomic E-state index is 14.0. The normalized spacial score (nSPS) is 13.0. The summed E-state index contributed by atoms with van der Waals surface area (Å²) in [5.74, 6) is -0.508. The van der Waals surface area contributed by atoms with Crippen LogP contribution in [0.15, 0.2) is 85.5 Å². The first-order valence-electron chi connectivity index (χ1n) is 12.7. The molecule has 0 aliphatic carbocycles. The van der Waals surface area contributed by atoms with Crippen molar-refractivity contribution >= 4 is 52.0 Å². The summed E-state index contributed by atoms with van der Waals surface area (Å²) >= 11 is 0. The van der Waals surface area contributed by atoms with E-state index in [2.05, 4.69) is 9.97 Å². The average molecular weight is 602 g/mol. The first-order valence-corrected chi connectivity index (χ1v) is 14.3. The Morgan fingerprint density at radius 2 is 1.16 bits per heavy atom. The average Bonchev–Trinajstić information content (AvgIpc) is 3.64. The van der Waals surface area contributed by atoms with Crippen molar-refractivity contribution in [2.75, 3.05) is 14.2 Å². The van der Waals surface area contributed by atoms with Gasteiger partial charge in [-0.2, -0.15) is 0 Å². The smallest absolute Gasteiger partial charge is 0.792 e. The number of rotatable bonds is 4. The van der Waals surface area contributed by atoms with Gasteiger partial charge in [-0.05, 0) is 72.8 Å². The van der Waals surface area contributed by atoms with Gasteiger partial charge in [0.2, 0.25) is 0 Å². The zero-order valence-corrected chi connectivity index (χ0v) is 26.1. The maximum Gasteiger partial charge on any atom is 1.00 e. The number of hydrogen-bond donors (Lipinski definition) is 0. The molecule has 13 heteroatoms. The zero-order chi connectivity index (χ0) is 29.2. The largest absolute Gasteiger partial charge is 1.00 e. The first kappa shape index (κ1) is 28.9. The molecule has 2 aromatic heterocycles. The standard InChI is InChI=1S/C30H21N4O7P.Na/c1-39-29(35)17-3-7-23-21(11-17)31-15-33(23)19-5-9-25-27(13-19)42(37,38)28-14-20(6-10-26(28)41-25)34-16-32-22-12-18(30(36)40-2)4-8-24(22)34;/h3-16H,1-2H3,(H,37,38);/q;+1/p-1. The molecule has 6 aromatic rings. The van der Waals surface area contributed by atoms with Crippen LogP contribution in [0.4, 0.5) is 0 Å². The quantitative estimate of drug-likeness (QED) is 0.162. The Morgan fingerprint density at radius 3 is 1.58 bits per heavy atom. The van der Waals surface area contributed by atoms with Crippen LogP contribution in [0.1, 0.15) is 20.7 Å². The monoisotopic (exact) mass is 602 g/mol. The van der Waals surface area contributed by atoms with Crippen molar-refractivity contribution in [3.05, 3.63) is 96.6 Å². The summed E-state index contributed by atoms with van der Waals surface area (Å²) in [5, 5.41) is 0.0757. The van der Waals surface area contributed by atoms with Gasteiger partial charge in [0.05, 0.1) is 54.8 Å². The minimum absolute atomic E-state index is 0. The molecular weight excluding hydrogens is 582 g/mol. The van der Waals surface area contributed by atoms with Gasteiger partial charge in [-0.3, -0.25) is 9.13 Å². The van der Waals surface area contributed by atoms with Crippen molar-refractivity contribution in [2.24, 2.45) is 0 Å². The third-order valence-electron chi connectivity index (χ3n) is 7.23. The van der Waals surface area contributed by atoms with Crippen LogP contribution in [-0.4, -0.2) is 45.3 Å². The van der Waals surface area contributed by atoms with Crippen LogP contribution >= 0.6 is 7.37 Å². The van der Waals surface area contributed by atoms with Gasteiger partial charge in [0.25, 0.3) is 0 Å². The maximum absolute atomic E-state index is 14.0. The second-order valence-electron chi connectivity index (χ2n) is 9.58. The molecule has 0 bridgehead atoms. The van der Waals surface area contributed by atoms with E-state index in [0.717, 1.165) is 0 Å². The van der Waals surface area contributed by atoms with Crippen LogP contribution in [0.25, 0.3) is 33.4 Å². The number of carbonyl (C=O) groups excluding carboxylic acids is 2. The molecule has 0 spiro atoms. The van der Waals surface area contributed by atoms with E-state index in [1.807, 2.05) is 0 Å². The van der Waals surface area contributed by atoms with E-state index in [-0.39, 0.29) is 51.7 Å². The molecule has 4 aromatic carbocycles. The molecule has 11 nitrogen and oxygen atoms in total. The number of hydrogen-bond acceptors (Lipinski definition) is 9. The van der Waals surface area contributed by atoms with Crippen LogP contribution < -0.4 is 49.8 Å². The van der Waals surface area contributed by atoms with Gasteiger partial charge in [0.1, 0.15) is 24.2 Å². The Labute approximate surface area is 266 Å². The van der Waals surface area contributed by atoms with E-state index < -0.39 is 19.3 Å². The number of aromatic nitrogens is 4. The summed E-state index contributed by atoms with van der Waals surface area (Å²) in [7, 11) is -1.74. The molecule has 3 heterocycles. The Kier molecular flexibility index (Phi) is 7.24. The van der Waals surface area contributed by atoms with Crippen molar-refractivity contribution < 1.29 is 62.8 Å². The van der Waals surface area contributed by atoms with E-state index >= 15 is 0 Å².